The first-order valence-corrected chi connectivity index (χ1v) is 9.65. The van der Waals surface area contributed by atoms with Gasteiger partial charge >= 0.3 is 0 Å². The van der Waals surface area contributed by atoms with E-state index in [1.807, 2.05) is 6.92 Å². The molecule has 0 unspecified atom stereocenters. The van der Waals surface area contributed by atoms with Gasteiger partial charge in [0.15, 0.2) is 0 Å². The van der Waals surface area contributed by atoms with E-state index >= 15 is 0 Å². The summed E-state index contributed by atoms with van der Waals surface area (Å²) in [5, 5.41) is 6.47. The number of nitrogens with one attached hydrogen (secondary N) is 2. The summed E-state index contributed by atoms with van der Waals surface area (Å²) in [4.78, 5) is 21.6. The highest BCUT2D eigenvalue weighted by Gasteiger charge is 2.19. The van der Waals surface area contributed by atoms with Crippen molar-refractivity contribution < 1.29 is 4.79 Å². The van der Waals surface area contributed by atoms with Crippen molar-refractivity contribution in [3.8, 4) is 0 Å². The van der Waals surface area contributed by atoms with Gasteiger partial charge in [0.05, 0.1) is 0 Å². The van der Waals surface area contributed by atoms with Crippen molar-refractivity contribution in [2.45, 2.75) is 65.3 Å². The van der Waals surface area contributed by atoms with Gasteiger partial charge in [-0.25, -0.2) is 9.97 Å². The van der Waals surface area contributed by atoms with E-state index in [-0.39, 0.29) is 11.9 Å². The number of anilines is 2. The topological polar surface area (TPSA) is 66.9 Å². The number of carbonyl (C=O) groups excluding carboxylic acids is 1. The van der Waals surface area contributed by atoms with Gasteiger partial charge in [0.1, 0.15) is 5.69 Å². The number of carbonyl (C=O) groups is 1. The summed E-state index contributed by atoms with van der Waals surface area (Å²) >= 11 is 0. The van der Waals surface area contributed by atoms with E-state index in [0.29, 0.717) is 11.6 Å². The van der Waals surface area contributed by atoms with Crippen LogP contribution in [0.25, 0.3) is 0 Å². The third kappa shape index (κ3) is 4.21. The molecule has 0 aliphatic heterocycles. The van der Waals surface area contributed by atoms with Crippen LogP contribution in [0.4, 0.5) is 11.6 Å². The predicted octanol–water partition coefficient (Wildman–Crippen LogP) is 4.33. The average molecular weight is 352 g/mol. The van der Waals surface area contributed by atoms with Crippen molar-refractivity contribution in [1.82, 2.24) is 15.3 Å². The van der Waals surface area contributed by atoms with Crippen LogP contribution in [0.2, 0.25) is 0 Å². The van der Waals surface area contributed by atoms with Crippen LogP contribution in [0, 0.1) is 6.92 Å². The maximum atomic E-state index is 12.6. The number of benzene rings is 1. The number of aryl methyl sites for hydroxylation is 3. The first-order valence-electron chi connectivity index (χ1n) is 9.65. The summed E-state index contributed by atoms with van der Waals surface area (Å²) in [6, 6.07) is 8.35. The van der Waals surface area contributed by atoms with Crippen LogP contribution < -0.4 is 10.6 Å². The Morgan fingerprint density at radius 1 is 1.12 bits per heavy atom. The SMILES string of the molecule is CCc1cccc(CC)c1Nc1nc(C)cc(C(=O)NC2CCCC2)n1. The van der Waals surface area contributed by atoms with Crippen LogP contribution >= 0.6 is 0 Å². The smallest absolute Gasteiger partial charge is 0.270 e. The molecule has 2 N–H and O–H groups in total. The third-order valence-corrected chi connectivity index (χ3v) is 5.01. The summed E-state index contributed by atoms with van der Waals surface area (Å²) in [6.07, 6.45) is 6.35. The standard InChI is InChI=1S/C21H28N4O/c1-4-15-9-8-10-16(5-2)19(15)25-21-22-14(3)13-18(24-21)20(26)23-17-11-6-7-12-17/h8-10,13,17H,4-7,11-12H2,1-3H3,(H,23,26)(H,22,24,25). The summed E-state index contributed by atoms with van der Waals surface area (Å²) in [7, 11) is 0. The molecule has 1 aromatic heterocycles. The lowest BCUT2D eigenvalue weighted by atomic mass is 10.0. The van der Waals surface area contributed by atoms with Crippen LogP contribution in [0.1, 0.15) is 66.8 Å². The minimum atomic E-state index is -0.107. The van der Waals surface area contributed by atoms with Gasteiger partial charge < -0.3 is 10.6 Å². The van der Waals surface area contributed by atoms with Gasteiger partial charge in [0.2, 0.25) is 5.95 Å². The summed E-state index contributed by atoms with van der Waals surface area (Å²) in [6.45, 7) is 6.17. The largest absolute Gasteiger partial charge is 0.348 e. The van der Waals surface area contributed by atoms with E-state index < -0.39 is 0 Å². The Hall–Kier alpha value is -2.43. The highest BCUT2D eigenvalue weighted by molar-refractivity contribution is 5.93. The molecule has 0 bridgehead atoms. The molecule has 0 atom stereocenters. The lowest BCUT2D eigenvalue weighted by molar-refractivity contribution is 0.0932. The summed E-state index contributed by atoms with van der Waals surface area (Å²) < 4.78 is 0. The maximum absolute atomic E-state index is 12.6. The van der Waals surface area contributed by atoms with Crippen molar-refractivity contribution in [3.63, 3.8) is 0 Å². The minimum absolute atomic E-state index is 0.107. The molecule has 1 aliphatic rings. The molecule has 138 valence electrons. The molecule has 1 amide bonds. The molecule has 1 aliphatic carbocycles. The van der Waals surface area contributed by atoms with Gasteiger partial charge in [0, 0.05) is 17.4 Å². The van der Waals surface area contributed by atoms with Crippen LogP contribution in [-0.4, -0.2) is 21.9 Å². The van der Waals surface area contributed by atoms with Gasteiger partial charge in [-0.1, -0.05) is 44.9 Å². The van der Waals surface area contributed by atoms with E-state index in [9.17, 15) is 4.79 Å². The Morgan fingerprint density at radius 3 is 2.38 bits per heavy atom. The third-order valence-electron chi connectivity index (χ3n) is 5.01. The zero-order valence-corrected chi connectivity index (χ0v) is 15.9. The Balaban J connectivity index is 1.85. The van der Waals surface area contributed by atoms with Crippen LogP contribution in [-0.2, 0) is 12.8 Å². The zero-order chi connectivity index (χ0) is 18.5. The Kier molecular flexibility index (Phi) is 5.86. The molecule has 1 saturated carbocycles. The molecule has 5 heteroatoms. The monoisotopic (exact) mass is 352 g/mol. The second-order valence-electron chi connectivity index (χ2n) is 6.96. The number of aromatic nitrogens is 2. The molecule has 26 heavy (non-hydrogen) atoms. The van der Waals surface area contributed by atoms with Crippen molar-refractivity contribution in [2.24, 2.45) is 0 Å². The minimum Gasteiger partial charge on any atom is -0.348 e. The fourth-order valence-electron chi connectivity index (χ4n) is 3.59. The molecule has 1 aromatic carbocycles. The number of rotatable bonds is 6. The van der Waals surface area contributed by atoms with Crippen molar-refractivity contribution in [2.75, 3.05) is 5.32 Å². The predicted molar refractivity (Wildman–Crippen MR) is 105 cm³/mol. The molecule has 1 fully saturated rings. The van der Waals surface area contributed by atoms with E-state index in [2.05, 4.69) is 52.6 Å². The molecular formula is C21H28N4O. The van der Waals surface area contributed by atoms with Gasteiger partial charge in [-0.05, 0) is 49.8 Å². The quantitative estimate of drug-likeness (QED) is 0.812. The van der Waals surface area contributed by atoms with Crippen LogP contribution in [0.5, 0.6) is 0 Å². The molecule has 0 saturated heterocycles. The summed E-state index contributed by atoms with van der Waals surface area (Å²) in [5.41, 5.74) is 4.73. The van der Waals surface area contributed by atoms with Gasteiger partial charge in [0.25, 0.3) is 5.91 Å². The Morgan fingerprint density at radius 2 is 1.77 bits per heavy atom. The van der Waals surface area contributed by atoms with E-state index in [1.165, 1.54) is 24.0 Å². The lowest BCUT2D eigenvalue weighted by Gasteiger charge is -2.16. The first-order chi connectivity index (χ1) is 12.6. The molecule has 0 radical (unpaired) electrons. The Bertz CT molecular complexity index is 759. The average Bonchev–Trinajstić information content (AvgIpc) is 3.14. The number of amides is 1. The van der Waals surface area contributed by atoms with E-state index in [0.717, 1.165) is 37.1 Å². The number of para-hydroxylation sites is 1. The number of hydrogen-bond acceptors (Lipinski definition) is 4. The van der Waals surface area contributed by atoms with Crippen molar-refractivity contribution >= 4 is 17.5 Å². The first kappa shape index (κ1) is 18.4. The molecule has 3 rings (SSSR count). The fraction of sp³-hybridized carbons (Fsp3) is 0.476. The molecule has 1 heterocycles. The number of nitrogens with zero attached hydrogens (tertiary/aromatic N) is 2. The van der Waals surface area contributed by atoms with Crippen LogP contribution in [0.3, 0.4) is 0 Å². The zero-order valence-electron chi connectivity index (χ0n) is 15.9. The van der Waals surface area contributed by atoms with Gasteiger partial charge in [-0.3, -0.25) is 4.79 Å². The maximum Gasteiger partial charge on any atom is 0.270 e. The summed E-state index contributed by atoms with van der Waals surface area (Å²) in [5.74, 6) is 0.377. The Labute approximate surface area is 155 Å². The van der Waals surface area contributed by atoms with Gasteiger partial charge in [-0.2, -0.15) is 0 Å². The fourth-order valence-corrected chi connectivity index (χ4v) is 3.59. The molecule has 0 spiro atoms. The highest BCUT2D eigenvalue weighted by Crippen LogP contribution is 2.25. The molecule has 5 nitrogen and oxygen atoms in total. The second-order valence-corrected chi connectivity index (χ2v) is 6.96. The van der Waals surface area contributed by atoms with E-state index in [1.54, 1.807) is 6.07 Å². The van der Waals surface area contributed by atoms with Gasteiger partial charge in [-0.15, -0.1) is 0 Å². The number of hydrogen-bond donors (Lipinski definition) is 2. The lowest BCUT2D eigenvalue weighted by Crippen LogP contribution is -2.33. The molecule has 2 aromatic rings. The second kappa shape index (κ2) is 8.30. The van der Waals surface area contributed by atoms with Crippen LogP contribution in [0.15, 0.2) is 24.3 Å². The normalized spacial score (nSPS) is 14.4. The van der Waals surface area contributed by atoms with Crippen molar-refractivity contribution in [3.05, 3.63) is 46.8 Å². The molecular weight excluding hydrogens is 324 g/mol. The highest BCUT2D eigenvalue weighted by atomic mass is 16.1. The van der Waals surface area contributed by atoms with Crippen molar-refractivity contribution in [1.29, 1.82) is 0 Å². The van der Waals surface area contributed by atoms with E-state index in [4.69, 9.17) is 0 Å².